The minimum absolute atomic E-state index is 0.347. The van der Waals surface area contributed by atoms with Crippen LogP contribution in [-0.4, -0.2) is 9.55 Å². The third-order valence-electron chi connectivity index (χ3n) is 3.95. The van der Waals surface area contributed by atoms with E-state index in [0.29, 0.717) is 12.1 Å². The maximum Gasteiger partial charge on any atom is 0.141 e. The third kappa shape index (κ3) is 2.67. The van der Waals surface area contributed by atoms with E-state index in [2.05, 4.69) is 0 Å². The SMILES string of the molecule is Fc1cc(F)cc(Cn2c(-c3ccccc3)nc3ccccc32)c1. The van der Waals surface area contributed by atoms with Crippen molar-refractivity contribution in [2.45, 2.75) is 6.54 Å². The molecule has 0 radical (unpaired) electrons. The van der Waals surface area contributed by atoms with Crippen LogP contribution >= 0.6 is 0 Å². The first kappa shape index (κ1) is 14.6. The van der Waals surface area contributed by atoms with Crippen molar-refractivity contribution in [2.24, 2.45) is 0 Å². The van der Waals surface area contributed by atoms with Crippen molar-refractivity contribution in [3.8, 4) is 11.4 Å². The Morgan fingerprint density at radius 1 is 0.792 bits per heavy atom. The van der Waals surface area contributed by atoms with E-state index in [0.717, 1.165) is 28.5 Å². The molecule has 1 aromatic heterocycles. The molecule has 0 fully saturated rings. The lowest BCUT2D eigenvalue weighted by Crippen LogP contribution is -2.03. The van der Waals surface area contributed by atoms with E-state index in [4.69, 9.17) is 4.98 Å². The van der Waals surface area contributed by atoms with Gasteiger partial charge in [-0.1, -0.05) is 42.5 Å². The maximum absolute atomic E-state index is 13.5. The molecular formula is C20H14F2N2. The lowest BCUT2D eigenvalue weighted by molar-refractivity contribution is 0.578. The second-order valence-electron chi connectivity index (χ2n) is 5.65. The van der Waals surface area contributed by atoms with Gasteiger partial charge in [0.05, 0.1) is 11.0 Å². The molecule has 0 aliphatic heterocycles. The number of benzene rings is 3. The lowest BCUT2D eigenvalue weighted by atomic mass is 10.2. The van der Waals surface area contributed by atoms with Crippen LogP contribution in [0.25, 0.3) is 22.4 Å². The second-order valence-corrected chi connectivity index (χ2v) is 5.65. The van der Waals surface area contributed by atoms with Gasteiger partial charge in [-0.3, -0.25) is 0 Å². The van der Waals surface area contributed by atoms with Crippen LogP contribution in [0.4, 0.5) is 8.78 Å². The summed E-state index contributed by atoms with van der Waals surface area (Å²) >= 11 is 0. The smallest absolute Gasteiger partial charge is 0.141 e. The Bertz CT molecular complexity index is 987. The molecular weight excluding hydrogens is 306 g/mol. The zero-order valence-corrected chi connectivity index (χ0v) is 12.8. The second kappa shape index (κ2) is 5.89. The summed E-state index contributed by atoms with van der Waals surface area (Å²) < 4.78 is 29.0. The molecule has 4 heteroatoms. The number of fused-ring (bicyclic) bond motifs is 1. The Morgan fingerprint density at radius 3 is 2.21 bits per heavy atom. The summed E-state index contributed by atoms with van der Waals surface area (Å²) in [7, 11) is 0. The zero-order chi connectivity index (χ0) is 16.5. The zero-order valence-electron chi connectivity index (χ0n) is 12.8. The van der Waals surface area contributed by atoms with E-state index < -0.39 is 11.6 Å². The van der Waals surface area contributed by atoms with Gasteiger partial charge in [0, 0.05) is 18.2 Å². The fourth-order valence-electron chi connectivity index (χ4n) is 2.93. The number of nitrogens with zero attached hydrogens (tertiary/aromatic N) is 2. The maximum atomic E-state index is 13.5. The van der Waals surface area contributed by atoms with Crippen LogP contribution in [0.2, 0.25) is 0 Å². The van der Waals surface area contributed by atoms with Crippen molar-refractivity contribution in [3.63, 3.8) is 0 Å². The van der Waals surface area contributed by atoms with Gasteiger partial charge in [0.15, 0.2) is 0 Å². The summed E-state index contributed by atoms with van der Waals surface area (Å²) in [4.78, 5) is 4.70. The van der Waals surface area contributed by atoms with E-state index in [-0.39, 0.29) is 0 Å². The average molecular weight is 320 g/mol. The van der Waals surface area contributed by atoms with Gasteiger partial charge in [-0.05, 0) is 29.8 Å². The number of hydrogen-bond donors (Lipinski definition) is 0. The third-order valence-corrected chi connectivity index (χ3v) is 3.95. The van der Waals surface area contributed by atoms with Crippen LogP contribution in [0.1, 0.15) is 5.56 Å². The summed E-state index contributed by atoms with van der Waals surface area (Å²) in [6.45, 7) is 0.347. The van der Waals surface area contributed by atoms with E-state index in [1.165, 1.54) is 12.1 Å². The highest BCUT2D eigenvalue weighted by atomic mass is 19.1. The number of halogens is 2. The van der Waals surface area contributed by atoms with Crippen molar-refractivity contribution >= 4 is 11.0 Å². The standard InChI is InChI=1S/C20H14F2N2/c21-16-10-14(11-17(22)12-16)13-24-19-9-5-4-8-18(19)23-20(24)15-6-2-1-3-7-15/h1-12H,13H2. The van der Waals surface area contributed by atoms with Crippen LogP contribution in [0.15, 0.2) is 72.8 Å². The monoisotopic (exact) mass is 320 g/mol. The highest BCUT2D eigenvalue weighted by Crippen LogP contribution is 2.26. The topological polar surface area (TPSA) is 17.8 Å². The largest absolute Gasteiger partial charge is 0.319 e. The van der Waals surface area contributed by atoms with Crippen LogP contribution in [0, 0.1) is 11.6 Å². The number of para-hydroxylation sites is 2. The van der Waals surface area contributed by atoms with E-state index in [1.807, 2.05) is 59.2 Å². The molecule has 0 atom stereocenters. The molecule has 4 aromatic rings. The summed E-state index contributed by atoms with van der Waals surface area (Å²) in [5.74, 6) is -0.368. The summed E-state index contributed by atoms with van der Waals surface area (Å²) in [6, 6.07) is 21.1. The van der Waals surface area contributed by atoms with Gasteiger partial charge in [0.25, 0.3) is 0 Å². The molecule has 0 saturated carbocycles. The highest BCUT2D eigenvalue weighted by molar-refractivity contribution is 5.80. The molecule has 1 heterocycles. The molecule has 3 aromatic carbocycles. The molecule has 0 saturated heterocycles. The van der Waals surface area contributed by atoms with Crippen molar-refractivity contribution < 1.29 is 8.78 Å². The Morgan fingerprint density at radius 2 is 1.46 bits per heavy atom. The number of imidazole rings is 1. The molecule has 118 valence electrons. The molecule has 0 amide bonds. The normalized spacial score (nSPS) is 11.1. The Labute approximate surface area is 138 Å². The molecule has 4 rings (SSSR count). The first-order valence-corrected chi connectivity index (χ1v) is 7.66. The van der Waals surface area contributed by atoms with Crippen LogP contribution in [0.5, 0.6) is 0 Å². The molecule has 0 N–H and O–H groups in total. The van der Waals surface area contributed by atoms with Gasteiger partial charge in [-0.25, -0.2) is 13.8 Å². The molecule has 0 bridgehead atoms. The Balaban J connectivity index is 1.89. The Hall–Kier alpha value is -3.01. The lowest BCUT2D eigenvalue weighted by Gasteiger charge is -2.10. The van der Waals surface area contributed by atoms with Gasteiger partial charge < -0.3 is 4.57 Å². The predicted molar refractivity (Wildman–Crippen MR) is 90.6 cm³/mol. The fourth-order valence-corrected chi connectivity index (χ4v) is 2.93. The molecule has 0 aliphatic rings. The minimum atomic E-state index is -0.573. The van der Waals surface area contributed by atoms with E-state index in [1.54, 1.807) is 0 Å². The van der Waals surface area contributed by atoms with Gasteiger partial charge >= 0.3 is 0 Å². The summed E-state index contributed by atoms with van der Waals surface area (Å²) in [6.07, 6.45) is 0. The van der Waals surface area contributed by atoms with Crippen LogP contribution < -0.4 is 0 Å². The average Bonchev–Trinajstić information content (AvgIpc) is 2.94. The molecule has 0 aliphatic carbocycles. The fraction of sp³-hybridized carbons (Fsp3) is 0.0500. The molecule has 24 heavy (non-hydrogen) atoms. The van der Waals surface area contributed by atoms with Crippen molar-refractivity contribution in [1.29, 1.82) is 0 Å². The number of aromatic nitrogens is 2. The van der Waals surface area contributed by atoms with Crippen LogP contribution in [0.3, 0.4) is 0 Å². The molecule has 0 spiro atoms. The minimum Gasteiger partial charge on any atom is -0.319 e. The highest BCUT2D eigenvalue weighted by Gasteiger charge is 2.13. The Kier molecular flexibility index (Phi) is 3.58. The van der Waals surface area contributed by atoms with E-state index >= 15 is 0 Å². The van der Waals surface area contributed by atoms with Gasteiger partial charge in [0.2, 0.25) is 0 Å². The van der Waals surface area contributed by atoms with Crippen LogP contribution in [-0.2, 0) is 6.54 Å². The van der Waals surface area contributed by atoms with Gasteiger partial charge in [0.1, 0.15) is 17.5 Å². The van der Waals surface area contributed by atoms with Crippen molar-refractivity contribution in [1.82, 2.24) is 9.55 Å². The molecule has 0 unspecified atom stereocenters. The summed E-state index contributed by atoms with van der Waals surface area (Å²) in [5, 5.41) is 0. The number of hydrogen-bond acceptors (Lipinski definition) is 1. The summed E-state index contributed by atoms with van der Waals surface area (Å²) in [5.41, 5.74) is 3.31. The quantitative estimate of drug-likeness (QED) is 0.518. The van der Waals surface area contributed by atoms with Gasteiger partial charge in [-0.2, -0.15) is 0 Å². The predicted octanol–water partition coefficient (Wildman–Crippen LogP) is 5.03. The van der Waals surface area contributed by atoms with Crippen molar-refractivity contribution in [2.75, 3.05) is 0 Å². The van der Waals surface area contributed by atoms with Gasteiger partial charge in [-0.15, -0.1) is 0 Å². The molecule has 2 nitrogen and oxygen atoms in total. The number of rotatable bonds is 3. The first-order chi connectivity index (χ1) is 11.7. The van der Waals surface area contributed by atoms with Crippen molar-refractivity contribution in [3.05, 3.63) is 90.0 Å². The first-order valence-electron chi connectivity index (χ1n) is 7.66. The van der Waals surface area contributed by atoms with E-state index in [9.17, 15) is 8.78 Å².